The van der Waals surface area contributed by atoms with Crippen molar-refractivity contribution in [3.05, 3.63) is 60.7 Å². The standard InChI is InChI=1S/C13H12NO5P/c15-11-14-19-20(16,17-12-7-3-1-4-8-12)18-13-9-5-2-6-10-13/h1-11H,(H,14,15). The second kappa shape index (κ2) is 6.75. The molecule has 0 bridgehead atoms. The highest BCUT2D eigenvalue weighted by Gasteiger charge is 2.31. The first kappa shape index (κ1) is 14.1. The molecule has 0 unspecified atom stereocenters. The molecular weight excluding hydrogens is 281 g/mol. The number of carbonyl (C=O) groups is 1. The molecule has 0 fully saturated rings. The molecule has 6 nitrogen and oxygen atoms in total. The van der Waals surface area contributed by atoms with Gasteiger partial charge in [0.1, 0.15) is 11.5 Å². The highest BCUT2D eigenvalue weighted by atomic mass is 31.2. The van der Waals surface area contributed by atoms with Crippen LogP contribution in [0, 0.1) is 0 Å². The SMILES string of the molecule is O=CNOP(=O)(Oc1ccccc1)Oc1ccccc1. The molecule has 1 amide bonds. The van der Waals surface area contributed by atoms with Crippen LogP contribution in [0.2, 0.25) is 0 Å². The lowest BCUT2D eigenvalue weighted by atomic mass is 10.3. The third-order valence-corrected chi connectivity index (χ3v) is 3.33. The van der Waals surface area contributed by atoms with Crippen molar-refractivity contribution in [2.75, 3.05) is 0 Å². The van der Waals surface area contributed by atoms with Gasteiger partial charge in [0.05, 0.1) is 0 Å². The minimum Gasteiger partial charge on any atom is -0.394 e. The van der Waals surface area contributed by atoms with Crippen LogP contribution < -0.4 is 14.5 Å². The molecule has 1 N–H and O–H groups in total. The summed E-state index contributed by atoms with van der Waals surface area (Å²) in [6, 6.07) is 16.7. The normalized spacial score (nSPS) is 10.6. The maximum absolute atomic E-state index is 12.4. The van der Waals surface area contributed by atoms with Gasteiger partial charge in [0.15, 0.2) is 0 Å². The third-order valence-electron chi connectivity index (χ3n) is 2.13. The van der Waals surface area contributed by atoms with Crippen molar-refractivity contribution in [3.8, 4) is 11.5 Å². The summed E-state index contributed by atoms with van der Waals surface area (Å²) in [5.41, 5.74) is 1.84. The fourth-order valence-corrected chi connectivity index (χ4v) is 2.41. The van der Waals surface area contributed by atoms with E-state index in [1.807, 2.05) is 5.48 Å². The largest absolute Gasteiger partial charge is 0.609 e. The summed E-state index contributed by atoms with van der Waals surface area (Å²) in [5.74, 6) is 0.582. The van der Waals surface area contributed by atoms with E-state index in [0.717, 1.165) is 0 Å². The molecule has 2 aromatic carbocycles. The van der Waals surface area contributed by atoms with E-state index in [-0.39, 0.29) is 6.41 Å². The highest BCUT2D eigenvalue weighted by molar-refractivity contribution is 7.49. The van der Waals surface area contributed by atoms with Crippen molar-refractivity contribution >= 4 is 14.2 Å². The van der Waals surface area contributed by atoms with Crippen LogP contribution >= 0.6 is 7.82 Å². The zero-order valence-corrected chi connectivity index (χ0v) is 11.2. The predicted octanol–water partition coefficient (Wildman–Crippen LogP) is 2.93. The van der Waals surface area contributed by atoms with Crippen molar-refractivity contribution in [1.82, 2.24) is 5.48 Å². The van der Waals surface area contributed by atoms with Crippen molar-refractivity contribution < 1.29 is 23.0 Å². The van der Waals surface area contributed by atoms with Gasteiger partial charge in [-0.25, -0.2) is 10.0 Å². The number of para-hydroxylation sites is 2. The molecule has 0 aliphatic carbocycles. The molecule has 2 aromatic rings. The molecule has 0 spiro atoms. The zero-order chi connectivity index (χ0) is 14.3. The van der Waals surface area contributed by atoms with Crippen molar-refractivity contribution in [3.63, 3.8) is 0 Å². The van der Waals surface area contributed by atoms with E-state index in [1.54, 1.807) is 60.7 Å². The Morgan fingerprint density at radius 3 is 1.70 bits per heavy atom. The number of phosphoric acid groups is 1. The summed E-state index contributed by atoms with van der Waals surface area (Å²) in [4.78, 5) is 10.3. The second-order valence-electron chi connectivity index (χ2n) is 3.58. The molecule has 20 heavy (non-hydrogen) atoms. The monoisotopic (exact) mass is 293 g/mol. The number of nitrogens with one attached hydrogen (secondary N) is 1. The number of carbonyl (C=O) groups excluding carboxylic acids is 1. The van der Waals surface area contributed by atoms with Gasteiger partial charge in [-0.1, -0.05) is 36.4 Å². The number of rotatable bonds is 7. The summed E-state index contributed by atoms with van der Waals surface area (Å²) in [5, 5.41) is 0. The molecular formula is C13H12NO5P. The van der Waals surface area contributed by atoms with Crippen LogP contribution in [0.15, 0.2) is 60.7 Å². The fraction of sp³-hybridized carbons (Fsp3) is 0. The molecule has 0 aromatic heterocycles. The highest BCUT2D eigenvalue weighted by Crippen LogP contribution is 2.48. The molecule has 0 radical (unpaired) electrons. The van der Waals surface area contributed by atoms with Gasteiger partial charge >= 0.3 is 7.82 Å². The topological polar surface area (TPSA) is 73.9 Å². The lowest BCUT2D eigenvalue weighted by Crippen LogP contribution is -2.15. The maximum Gasteiger partial charge on any atom is 0.609 e. The van der Waals surface area contributed by atoms with E-state index >= 15 is 0 Å². The average molecular weight is 293 g/mol. The summed E-state index contributed by atoms with van der Waals surface area (Å²) in [6.07, 6.45) is 0.232. The molecule has 0 saturated heterocycles. The van der Waals surface area contributed by atoms with Crippen molar-refractivity contribution in [2.24, 2.45) is 0 Å². The number of phosphoric ester groups is 1. The van der Waals surface area contributed by atoms with Gasteiger partial charge in [-0.3, -0.25) is 4.79 Å². The Morgan fingerprint density at radius 1 is 0.850 bits per heavy atom. The first-order valence-corrected chi connectivity index (χ1v) is 7.15. The summed E-state index contributed by atoms with van der Waals surface area (Å²) >= 11 is 0. The summed E-state index contributed by atoms with van der Waals surface area (Å²) in [7, 11) is -4.02. The first-order chi connectivity index (χ1) is 9.72. The van der Waals surface area contributed by atoms with E-state index in [0.29, 0.717) is 11.5 Å². The lowest BCUT2D eigenvalue weighted by Gasteiger charge is -2.17. The van der Waals surface area contributed by atoms with Gasteiger partial charge in [-0.15, -0.1) is 4.62 Å². The Labute approximate surface area is 115 Å². The van der Waals surface area contributed by atoms with Gasteiger partial charge in [-0.05, 0) is 24.3 Å². The van der Waals surface area contributed by atoms with Crippen LogP contribution in [0.1, 0.15) is 0 Å². The molecule has 0 atom stereocenters. The number of benzene rings is 2. The summed E-state index contributed by atoms with van der Waals surface area (Å²) in [6.45, 7) is 0. The molecule has 0 saturated carbocycles. The van der Waals surface area contributed by atoms with E-state index in [1.165, 1.54) is 0 Å². The van der Waals surface area contributed by atoms with Gasteiger partial charge < -0.3 is 9.05 Å². The molecule has 0 aliphatic heterocycles. The van der Waals surface area contributed by atoms with E-state index in [9.17, 15) is 9.36 Å². The molecule has 104 valence electrons. The molecule has 0 aliphatic rings. The first-order valence-electron chi connectivity index (χ1n) is 5.69. The van der Waals surface area contributed by atoms with Crippen LogP contribution in [0.25, 0.3) is 0 Å². The van der Waals surface area contributed by atoms with Crippen LogP contribution in [0.4, 0.5) is 0 Å². The van der Waals surface area contributed by atoms with Gasteiger partial charge in [0, 0.05) is 0 Å². The third kappa shape index (κ3) is 4.12. The fourth-order valence-electron chi connectivity index (χ4n) is 1.36. The van der Waals surface area contributed by atoms with Crippen LogP contribution in [-0.4, -0.2) is 6.41 Å². The summed E-state index contributed by atoms with van der Waals surface area (Å²) < 4.78 is 27.5. The molecule has 0 heterocycles. The van der Waals surface area contributed by atoms with Crippen molar-refractivity contribution in [1.29, 1.82) is 0 Å². The average Bonchev–Trinajstić information content (AvgIpc) is 2.47. The Bertz CT molecular complexity index is 545. The lowest BCUT2D eigenvalue weighted by molar-refractivity contribution is -0.115. The van der Waals surface area contributed by atoms with Crippen molar-refractivity contribution in [2.45, 2.75) is 0 Å². The number of amides is 1. The van der Waals surface area contributed by atoms with E-state index < -0.39 is 7.82 Å². The molecule has 2 rings (SSSR count). The maximum atomic E-state index is 12.4. The Kier molecular flexibility index (Phi) is 4.76. The molecule has 7 heteroatoms. The second-order valence-corrected chi connectivity index (χ2v) is 5.03. The van der Waals surface area contributed by atoms with Crippen LogP contribution in [0.5, 0.6) is 11.5 Å². The van der Waals surface area contributed by atoms with E-state index in [2.05, 4.69) is 4.62 Å². The Balaban J connectivity index is 2.16. The zero-order valence-electron chi connectivity index (χ0n) is 10.3. The Hall–Kier alpha value is -2.30. The Morgan fingerprint density at radius 2 is 1.30 bits per heavy atom. The quantitative estimate of drug-likeness (QED) is 0.482. The van der Waals surface area contributed by atoms with Gasteiger partial charge in [-0.2, -0.15) is 0 Å². The predicted molar refractivity (Wildman–Crippen MR) is 72.0 cm³/mol. The minimum atomic E-state index is -4.02. The van der Waals surface area contributed by atoms with Gasteiger partial charge in [0.2, 0.25) is 6.41 Å². The minimum absolute atomic E-state index is 0.232. The van der Waals surface area contributed by atoms with Crippen LogP contribution in [-0.2, 0) is 14.0 Å². The number of hydrogen-bond acceptors (Lipinski definition) is 5. The van der Waals surface area contributed by atoms with E-state index in [4.69, 9.17) is 9.05 Å². The van der Waals surface area contributed by atoms with Crippen LogP contribution in [0.3, 0.4) is 0 Å². The number of hydrogen-bond donors (Lipinski definition) is 1. The van der Waals surface area contributed by atoms with Gasteiger partial charge in [0.25, 0.3) is 0 Å². The number of hydroxylamine groups is 1. The smallest absolute Gasteiger partial charge is 0.394 e.